The van der Waals surface area contributed by atoms with Crippen molar-refractivity contribution in [3.8, 4) is 11.5 Å². The molecule has 1 aliphatic rings. The molecule has 0 amide bonds. The molecule has 1 aliphatic heterocycles. The quantitative estimate of drug-likeness (QED) is 0.612. The van der Waals surface area contributed by atoms with Crippen LogP contribution in [0.15, 0.2) is 24.3 Å². The van der Waals surface area contributed by atoms with Crippen molar-refractivity contribution in [1.29, 1.82) is 0 Å². The van der Waals surface area contributed by atoms with E-state index in [2.05, 4.69) is 6.58 Å². The average molecular weight is 218 g/mol. The second kappa shape index (κ2) is 3.67. The zero-order valence-electron chi connectivity index (χ0n) is 9.41. The Labute approximate surface area is 94.4 Å². The van der Waals surface area contributed by atoms with Crippen LogP contribution in [-0.4, -0.2) is 17.0 Å². The van der Waals surface area contributed by atoms with Gasteiger partial charge in [0.05, 0.1) is 0 Å². The smallest absolute Gasteiger partial charge is 0.167 e. The van der Waals surface area contributed by atoms with E-state index < -0.39 is 0 Å². The van der Waals surface area contributed by atoms with Crippen LogP contribution in [0, 0.1) is 0 Å². The first-order chi connectivity index (χ1) is 7.50. The van der Waals surface area contributed by atoms with Crippen molar-refractivity contribution in [2.24, 2.45) is 0 Å². The highest BCUT2D eigenvalue weighted by molar-refractivity contribution is 6.00. The molecule has 1 unspecified atom stereocenters. The lowest BCUT2D eigenvalue weighted by atomic mass is 10.0. The molecule has 0 saturated carbocycles. The fourth-order valence-corrected chi connectivity index (χ4v) is 1.91. The van der Waals surface area contributed by atoms with Crippen LogP contribution in [0.5, 0.6) is 11.5 Å². The van der Waals surface area contributed by atoms with Crippen molar-refractivity contribution < 1.29 is 14.6 Å². The molecule has 0 fully saturated rings. The number of rotatable bonds is 2. The summed E-state index contributed by atoms with van der Waals surface area (Å²) < 4.78 is 5.66. The van der Waals surface area contributed by atoms with E-state index in [1.165, 1.54) is 6.92 Å². The number of hydrogen-bond donors (Lipinski definition) is 1. The fraction of sp³-hybridized carbons (Fsp3) is 0.308. The topological polar surface area (TPSA) is 46.5 Å². The van der Waals surface area contributed by atoms with E-state index in [1.807, 2.05) is 6.92 Å². The molecular weight excluding hydrogens is 204 g/mol. The van der Waals surface area contributed by atoms with Crippen LogP contribution in [-0.2, 0) is 6.42 Å². The van der Waals surface area contributed by atoms with Gasteiger partial charge in [0, 0.05) is 6.42 Å². The van der Waals surface area contributed by atoms with Crippen LogP contribution in [0.3, 0.4) is 0 Å². The van der Waals surface area contributed by atoms with E-state index in [0.717, 1.165) is 11.1 Å². The first-order valence-corrected chi connectivity index (χ1v) is 5.18. The highest BCUT2D eigenvalue weighted by Crippen LogP contribution is 2.39. The first kappa shape index (κ1) is 10.7. The summed E-state index contributed by atoms with van der Waals surface area (Å²) in [6, 6.07) is 3.33. The van der Waals surface area contributed by atoms with Crippen molar-refractivity contribution in [2.75, 3.05) is 0 Å². The molecule has 3 nitrogen and oxygen atoms in total. The summed E-state index contributed by atoms with van der Waals surface area (Å²) in [5.41, 5.74) is 2.16. The molecule has 1 heterocycles. The lowest BCUT2D eigenvalue weighted by Crippen LogP contribution is -2.13. The first-order valence-electron chi connectivity index (χ1n) is 5.18. The molecule has 0 aromatic heterocycles. The molecule has 0 radical (unpaired) electrons. The van der Waals surface area contributed by atoms with E-state index in [1.54, 1.807) is 12.1 Å². The Hall–Kier alpha value is -1.77. The Morgan fingerprint density at radius 3 is 2.75 bits per heavy atom. The van der Waals surface area contributed by atoms with E-state index in [4.69, 9.17) is 4.74 Å². The van der Waals surface area contributed by atoms with Gasteiger partial charge in [0.15, 0.2) is 5.78 Å². The fourth-order valence-electron chi connectivity index (χ4n) is 1.91. The summed E-state index contributed by atoms with van der Waals surface area (Å²) in [6.07, 6.45) is 0.625. The maximum absolute atomic E-state index is 11.4. The van der Waals surface area contributed by atoms with E-state index in [0.29, 0.717) is 12.2 Å². The van der Waals surface area contributed by atoms with Gasteiger partial charge in [-0.3, -0.25) is 4.79 Å². The lowest BCUT2D eigenvalue weighted by molar-refractivity contribution is 0.101. The standard InChI is InChI=1S/C13H14O3/c1-7(2)11-6-9-4-5-10(15)12(8(3)14)13(9)16-11/h4-5,11,15H,1,6H2,2-3H3. The van der Waals surface area contributed by atoms with E-state index in [9.17, 15) is 9.90 Å². The van der Waals surface area contributed by atoms with Gasteiger partial charge in [-0.05, 0) is 31.1 Å². The van der Waals surface area contributed by atoms with Crippen LogP contribution in [0.4, 0.5) is 0 Å². The summed E-state index contributed by atoms with van der Waals surface area (Å²) in [5, 5.41) is 9.65. The maximum Gasteiger partial charge on any atom is 0.167 e. The van der Waals surface area contributed by atoms with Gasteiger partial charge >= 0.3 is 0 Å². The second-order valence-electron chi connectivity index (χ2n) is 4.16. The lowest BCUT2D eigenvalue weighted by Gasteiger charge is -2.11. The van der Waals surface area contributed by atoms with Gasteiger partial charge < -0.3 is 9.84 Å². The number of carbonyl (C=O) groups is 1. The second-order valence-corrected chi connectivity index (χ2v) is 4.16. The highest BCUT2D eigenvalue weighted by atomic mass is 16.5. The number of benzene rings is 1. The number of phenolic OH excluding ortho intramolecular Hbond substituents is 1. The van der Waals surface area contributed by atoms with Crippen LogP contribution < -0.4 is 4.74 Å². The molecule has 0 aliphatic carbocycles. The number of fused-ring (bicyclic) bond motifs is 1. The molecular formula is C13H14O3. The van der Waals surface area contributed by atoms with Gasteiger partial charge in [0.2, 0.25) is 0 Å². The van der Waals surface area contributed by atoms with Gasteiger partial charge in [-0.1, -0.05) is 12.6 Å². The Bertz CT molecular complexity index is 474. The number of phenols is 1. The van der Waals surface area contributed by atoms with Gasteiger partial charge in [-0.25, -0.2) is 0 Å². The molecule has 84 valence electrons. The molecule has 1 aromatic carbocycles. The minimum Gasteiger partial charge on any atom is -0.507 e. The monoisotopic (exact) mass is 218 g/mol. The Balaban J connectivity index is 2.49. The summed E-state index contributed by atoms with van der Waals surface area (Å²) >= 11 is 0. The summed E-state index contributed by atoms with van der Waals surface area (Å²) in [6.45, 7) is 7.16. The van der Waals surface area contributed by atoms with Crippen molar-refractivity contribution in [3.63, 3.8) is 0 Å². The van der Waals surface area contributed by atoms with Gasteiger partial charge in [-0.15, -0.1) is 0 Å². The largest absolute Gasteiger partial charge is 0.507 e. The maximum atomic E-state index is 11.4. The Kier molecular flexibility index (Phi) is 2.46. The third kappa shape index (κ3) is 1.58. The zero-order valence-corrected chi connectivity index (χ0v) is 9.41. The number of aromatic hydroxyl groups is 1. The molecule has 3 heteroatoms. The Morgan fingerprint density at radius 1 is 1.50 bits per heavy atom. The number of carbonyl (C=O) groups excluding carboxylic acids is 1. The molecule has 0 saturated heterocycles. The third-order valence-electron chi connectivity index (χ3n) is 2.78. The zero-order chi connectivity index (χ0) is 11.9. The van der Waals surface area contributed by atoms with Crippen LogP contribution >= 0.6 is 0 Å². The summed E-state index contributed by atoms with van der Waals surface area (Å²) in [5.74, 6) is 0.311. The van der Waals surface area contributed by atoms with Crippen LogP contribution in [0.2, 0.25) is 0 Å². The Morgan fingerprint density at radius 2 is 2.19 bits per heavy atom. The summed E-state index contributed by atoms with van der Waals surface area (Å²) in [4.78, 5) is 11.4. The molecule has 16 heavy (non-hydrogen) atoms. The number of hydrogen-bond acceptors (Lipinski definition) is 3. The number of Topliss-reactive ketones (excluding diaryl/α,β-unsaturated/α-hetero) is 1. The van der Waals surface area contributed by atoms with Gasteiger partial charge in [0.25, 0.3) is 0 Å². The molecule has 2 rings (SSSR count). The minimum atomic E-state index is -0.184. The van der Waals surface area contributed by atoms with Crippen LogP contribution in [0.25, 0.3) is 0 Å². The predicted octanol–water partition coefficient (Wildman–Crippen LogP) is 2.47. The minimum absolute atomic E-state index is 0.0198. The molecule has 1 aromatic rings. The molecule has 1 atom stereocenters. The predicted molar refractivity (Wildman–Crippen MR) is 61.0 cm³/mol. The normalized spacial score (nSPS) is 17.8. The van der Waals surface area contributed by atoms with Crippen molar-refractivity contribution in [3.05, 3.63) is 35.4 Å². The molecule has 0 spiro atoms. The van der Waals surface area contributed by atoms with E-state index in [-0.39, 0.29) is 23.2 Å². The molecule has 0 bridgehead atoms. The van der Waals surface area contributed by atoms with E-state index >= 15 is 0 Å². The van der Waals surface area contributed by atoms with Crippen molar-refractivity contribution >= 4 is 5.78 Å². The number of ether oxygens (including phenoxy) is 1. The number of ketones is 1. The highest BCUT2D eigenvalue weighted by Gasteiger charge is 2.28. The molecule has 1 N–H and O–H groups in total. The van der Waals surface area contributed by atoms with Gasteiger partial charge in [0.1, 0.15) is 23.2 Å². The van der Waals surface area contributed by atoms with Crippen molar-refractivity contribution in [2.45, 2.75) is 26.4 Å². The SMILES string of the molecule is C=C(C)C1Cc2ccc(O)c(C(C)=O)c2O1. The van der Waals surface area contributed by atoms with Crippen LogP contribution in [0.1, 0.15) is 29.8 Å². The van der Waals surface area contributed by atoms with Crippen molar-refractivity contribution in [1.82, 2.24) is 0 Å². The average Bonchev–Trinajstić information content (AvgIpc) is 2.60. The third-order valence-corrected chi connectivity index (χ3v) is 2.78. The summed E-state index contributed by atoms with van der Waals surface area (Å²) in [7, 11) is 0. The van der Waals surface area contributed by atoms with Gasteiger partial charge in [-0.2, -0.15) is 0 Å².